The molecule has 6 heteroatoms. The fourth-order valence-electron chi connectivity index (χ4n) is 1.94. The smallest absolute Gasteiger partial charge is 0.225 e. The highest BCUT2D eigenvalue weighted by molar-refractivity contribution is 5.91. The summed E-state index contributed by atoms with van der Waals surface area (Å²) in [4.78, 5) is 11.7. The van der Waals surface area contributed by atoms with Crippen LogP contribution in [-0.2, 0) is 4.79 Å². The van der Waals surface area contributed by atoms with Crippen molar-refractivity contribution in [3.63, 3.8) is 0 Å². The molecule has 0 heterocycles. The van der Waals surface area contributed by atoms with Gasteiger partial charge in [0.05, 0.1) is 0 Å². The summed E-state index contributed by atoms with van der Waals surface area (Å²) in [5.74, 6) is -4.72. The van der Waals surface area contributed by atoms with Gasteiger partial charge in [0.15, 0.2) is 17.5 Å². The van der Waals surface area contributed by atoms with E-state index in [1.54, 1.807) is 0 Å². The molecule has 1 unspecified atom stereocenters. The predicted octanol–water partition coefficient (Wildman–Crippen LogP) is 3.20. The van der Waals surface area contributed by atoms with Gasteiger partial charge in [-0.2, -0.15) is 0 Å². The van der Waals surface area contributed by atoms with E-state index in [1.165, 1.54) is 0 Å². The first kappa shape index (κ1) is 16.5. The van der Waals surface area contributed by atoms with Crippen LogP contribution in [0.25, 0.3) is 0 Å². The second-order valence-corrected chi connectivity index (χ2v) is 6.03. The molecule has 112 valence electrons. The van der Waals surface area contributed by atoms with Crippen LogP contribution in [0.5, 0.6) is 0 Å². The van der Waals surface area contributed by atoms with E-state index in [-0.39, 0.29) is 23.6 Å². The molecule has 1 atom stereocenters. The van der Waals surface area contributed by atoms with Crippen molar-refractivity contribution >= 4 is 11.6 Å². The molecule has 1 aromatic rings. The number of halogens is 3. The molecule has 0 radical (unpaired) electrons. The van der Waals surface area contributed by atoms with Gasteiger partial charge in [-0.25, -0.2) is 13.2 Å². The lowest BCUT2D eigenvalue weighted by Gasteiger charge is -2.22. The quantitative estimate of drug-likeness (QED) is 0.836. The number of carbonyl (C=O) groups is 1. The lowest BCUT2D eigenvalue weighted by atomic mass is 9.87. The maximum atomic E-state index is 13.0. The second-order valence-electron chi connectivity index (χ2n) is 6.03. The third kappa shape index (κ3) is 5.21. The average molecular weight is 288 g/mol. The normalized spacial score (nSPS) is 13.2. The molecule has 0 spiro atoms. The molecule has 1 amide bonds. The summed E-state index contributed by atoms with van der Waals surface area (Å²) in [7, 11) is 0. The van der Waals surface area contributed by atoms with Gasteiger partial charge in [0, 0.05) is 30.3 Å². The summed E-state index contributed by atoms with van der Waals surface area (Å²) < 4.78 is 38.7. The minimum atomic E-state index is -1.56. The van der Waals surface area contributed by atoms with Crippen molar-refractivity contribution in [3.8, 4) is 0 Å². The van der Waals surface area contributed by atoms with Crippen LogP contribution in [0.15, 0.2) is 12.1 Å². The average Bonchev–Trinajstić information content (AvgIpc) is 2.22. The third-order valence-electron chi connectivity index (χ3n) is 2.59. The first-order valence-electron chi connectivity index (χ1n) is 6.28. The molecule has 0 saturated carbocycles. The first-order valence-corrected chi connectivity index (χ1v) is 6.28. The summed E-state index contributed by atoms with van der Waals surface area (Å²) in [6.07, 6.45) is 0.657. The predicted molar refractivity (Wildman–Crippen MR) is 71.6 cm³/mol. The molecule has 0 aromatic heterocycles. The Labute approximate surface area is 116 Å². The van der Waals surface area contributed by atoms with Crippen molar-refractivity contribution in [2.45, 2.75) is 39.7 Å². The van der Waals surface area contributed by atoms with Crippen LogP contribution in [-0.4, -0.2) is 11.9 Å². The highest BCUT2D eigenvalue weighted by Crippen LogP contribution is 2.22. The standard InChI is InChI=1S/C14H19F3N2O/c1-14(2,3)7-8(18)4-12(20)19-9-5-10(15)13(17)11(16)6-9/h5-6,8H,4,7,18H2,1-3H3,(H,19,20). The Morgan fingerprint density at radius 2 is 1.75 bits per heavy atom. The maximum Gasteiger partial charge on any atom is 0.225 e. The maximum absolute atomic E-state index is 13.0. The number of carbonyl (C=O) groups excluding carboxylic acids is 1. The van der Waals surface area contributed by atoms with Crippen molar-refractivity contribution in [3.05, 3.63) is 29.6 Å². The molecule has 20 heavy (non-hydrogen) atoms. The number of benzene rings is 1. The van der Waals surface area contributed by atoms with Gasteiger partial charge in [0.25, 0.3) is 0 Å². The van der Waals surface area contributed by atoms with Crippen LogP contribution in [0.2, 0.25) is 0 Å². The van der Waals surface area contributed by atoms with Gasteiger partial charge >= 0.3 is 0 Å². The molecule has 0 saturated heterocycles. The molecular weight excluding hydrogens is 269 g/mol. The largest absolute Gasteiger partial charge is 0.327 e. The summed E-state index contributed by atoms with van der Waals surface area (Å²) in [6, 6.07) is 1.10. The van der Waals surface area contributed by atoms with E-state index in [1.807, 2.05) is 20.8 Å². The minimum absolute atomic E-state index is 0.0201. The van der Waals surface area contributed by atoms with E-state index in [4.69, 9.17) is 5.73 Å². The summed E-state index contributed by atoms with van der Waals surface area (Å²) in [5, 5.41) is 2.30. The molecular formula is C14H19F3N2O. The Balaban J connectivity index is 2.63. The number of rotatable bonds is 4. The van der Waals surface area contributed by atoms with Crippen LogP contribution >= 0.6 is 0 Å². The molecule has 3 N–H and O–H groups in total. The van der Waals surface area contributed by atoms with E-state index < -0.39 is 23.4 Å². The van der Waals surface area contributed by atoms with Crippen molar-refractivity contribution in [2.75, 3.05) is 5.32 Å². The van der Waals surface area contributed by atoms with Gasteiger partial charge in [-0.05, 0) is 11.8 Å². The number of amides is 1. The van der Waals surface area contributed by atoms with Gasteiger partial charge in [0.2, 0.25) is 5.91 Å². The van der Waals surface area contributed by atoms with Gasteiger partial charge in [-0.3, -0.25) is 4.79 Å². The number of nitrogens with one attached hydrogen (secondary N) is 1. The van der Waals surface area contributed by atoms with E-state index in [9.17, 15) is 18.0 Å². The van der Waals surface area contributed by atoms with Crippen molar-refractivity contribution < 1.29 is 18.0 Å². The number of anilines is 1. The topological polar surface area (TPSA) is 55.1 Å². The third-order valence-corrected chi connectivity index (χ3v) is 2.59. The highest BCUT2D eigenvalue weighted by Gasteiger charge is 2.19. The zero-order valence-corrected chi connectivity index (χ0v) is 11.8. The van der Waals surface area contributed by atoms with Gasteiger partial charge in [0.1, 0.15) is 0 Å². The van der Waals surface area contributed by atoms with Crippen molar-refractivity contribution in [1.29, 1.82) is 0 Å². The zero-order chi connectivity index (χ0) is 15.5. The molecule has 1 rings (SSSR count). The summed E-state index contributed by atoms with van der Waals surface area (Å²) >= 11 is 0. The monoisotopic (exact) mass is 288 g/mol. The van der Waals surface area contributed by atoms with E-state index in [2.05, 4.69) is 5.32 Å². The Morgan fingerprint density at radius 3 is 2.20 bits per heavy atom. The Morgan fingerprint density at radius 1 is 1.25 bits per heavy atom. The SMILES string of the molecule is CC(C)(C)CC(N)CC(=O)Nc1cc(F)c(F)c(F)c1. The van der Waals surface area contributed by atoms with Gasteiger partial charge < -0.3 is 11.1 Å². The van der Waals surface area contributed by atoms with Crippen LogP contribution in [0.4, 0.5) is 18.9 Å². The Hall–Kier alpha value is -1.56. The fraction of sp³-hybridized carbons (Fsp3) is 0.500. The van der Waals surface area contributed by atoms with Crippen molar-refractivity contribution in [1.82, 2.24) is 0 Å². The zero-order valence-electron chi connectivity index (χ0n) is 11.8. The van der Waals surface area contributed by atoms with E-state index in [0.29, 0.717) is 6.42 Å². The Bertz CT molecular complexity index is 475. The number of hydrogen-bond donors (Lipinski definition) is 2. The molecule has 0 aliphatic rings. The number of hydrogen-bond acceptors (Lipinski definition) is 2. The van der Waals surface area contributed by atoms with Gasteiger partial charge in [-0.1, -0.05) is 20.8 Å². The fourth-order valence-corrected chi connectivity index (χ4v) is 1.94. The first-order chi connectivity index (χ1) is 9.08. The summed E-state index contributed by atoms with van der Waals surface area (Å²) in [6.45, 7) is 5.99. The molecule has 1 aromatic carbocycles. The summed E-state index contributed by atoms with van der Waals surface area (Å²) in [5.41, 5.74) is 5.68. The van der Waals surface area contributed by atoms with E-state index in [0.717, 1.165) is 12.1 Å². The van der Waals surface area contributed by atoms with Gasteiger partial charge in [-0.15, -0.1) is 0 Å². The van der Waals surface area contributed by atoms with E-state index >= 15 is 0 Å². The molecule has 0 aliphatic carbocycles. The molecule has 3 nitrogen and oxygen atoms in total. The number of nitrogens with two attached hydrogens (primary N) is 1. The Kier molecular flexibility index (Phi) is 5.16. The van der Waals surface area contributed by atoms with Crippen LogP contribution in [0.1, 0.15) is 33.6 Å². The highest BCUT2D eigenvalue weighted by atomic mass is 19.2. The second kappa shape index (κ2) is 6.26. The van der Waals surface area contributed by atoms with Crippen molar-refractivity contribution in [2.24, 2.45) is 11.1 Å². The van der Waals surface area contributed by atoms with Crippen LogP contribution in [0, 0.1) is 22.9 Å². The van der Waals surface area contributed by atoms with Crippen LogP contribution in [0.3, 0.4) is 0 Å². The van der Waals surface area contributed by atoms with Crippen LogP contribution < -0.4 is 11.1 Å². The molecule has 0 aliphatic heterocycles. The molecule has 0 bridgehead atoms. The lowest BCUT2D eigenvalue weighted by Crippen LogP contribution is -2.31. The minimum Gasteiger partial charge on any atom is -0.327 e. The lowest BCUT2D eigenvalue weighted by molar-refractivity contribution is -0.116. The molecule has 0 fully saturated rings.